The van der Waals surface area contributed by atoms with Crippen molar-refractivity contribution in [3.63, 3.8) is 0 Å². The number of aromatic hydroxyl groups is 1. The molecule has 168 valence electrons. The molecule has 0 radical (unpaired) electrons. The first-order valence-corrected chi connectivity index (χ1v) is 11.0. The normalized spacial score (nSPS) is 16.2. The van der Waals surface area contributed by atoms with E-state index in [-0.39, 0.29) is 17.9 Å². The van der Waals surface area contributed by atoms with E-state index in [2.05, 4.69) is 14.8 Å². The predicted molar refractivity (Wildman–Crippen MR) is 124 cm³/mol. The molecule has 1 fully saturated rings. The smallest absolute Gasteiger partial charge is 0.259 e. The summed E-state index contributed by atoms with van der Waals surface area (Å²) in [6.07, 6.45) is 3.48. The van der Waals surface area contributed by atoms with E-state index in [1.165, 1.54) is 0 Å². The Labute approximate surface area is 188 Å². The highest BCUT2D eigenvalue weighted by atomic mass is 16.3. The fraction of sp³-hybridized carbons (Fsp3) is 0.360. The van der Waals surface area contributed by atoms with Crippen molar-refractivity contribution in [3.05, 3.63) is 93.7 Å². The maximum Gasteiger partial charge on any atom is 0.259 e. The number of aryl methyl sites for hydroxylation is 1. The molecule has 1 aliphatic rings. The maximum atomic E-state index is 13.8. The Hall–Kier alpha value is -3.00. The van der Waals surface area contributed by atoms with Crippen molar-refractivity contribution >= 4 is 0 Å². The van der Waals surface area contributed by atoms with Gasteiger partial charge in [0.05, 0.1) is 24.8 Å². The van der Waals surface area contributed by atoms with Gasteiger partial charge in [0, 0.05) is 50.8 Å². The lowest BCUT2D eigenvalue weighted by atomic mass is 9.97. The second-order valence-corrected chi connectivity index (χ2v) is 8.25. The number of aliphatic hydroxyl groups is 1. The molecular weight excluding hydrogens is 404 g/mol. The number of aromatic nitrogens is 2. The number of hydrogen-bond acceptors (Lipinski definition) is 6. The highest BCUT2D eigenvalue weighted by Gasteiger charge is 2.31. The van der Waals surface area contributed by atoms with E-state index < -0.39 is 6.04 Å². The molecule has 1 aliphatic heterocycles. The van der Waals surface area contributed by atoms with Gasteiger partial charge in [0.25, 0.3) is 5.56 Å². The Morgan fingerprint density at radius 2 is 1.81 bits per heavy atom. The van der Waals surface area contributed by atoms with Gasteiger partial charge in [0.2, 0.25) is 0 Å². The summed E-state index contributed by atoms with van der Waals surface area (Å²) in [6, 6.07) is 15.0. The lowest BCUT2D eigenvalue weighted by Gasteiger charge is -2.39. The van der Waals surface area contributed by atoms with Gasteiger partial charge in [0.1, 0.15) is 5.75 Å². The second kappa shape index (κ2) is 10.1. The summed E-state index contributed by atoms with van der Waals surface area (Å²) in [5.41, 5.74) is 2.83. The average Bonchev–Trinajstić information content (AvgIpc) is 2.81. The van der Waals surface area contributed by atoms with Gasteiger partial charge >= 0.3 is 0 Å². The van der Waals surface area contributed by atoms with Crippen LogP contribution in [-0.2, 0) is 6.54 Å². The lowest BCUT2D eigenvalue weighted by Crippen LogP contribution is -2.49. The van der Waals surface area contributed by atoms with E-state index >= 15 is 0 Å². The number of β-amino-alcohol motifs (C(OH)–C–C–N with tert-alkyl or cyclic N) is 1. The minimum absolute atomic E-state index is 0.0171. The van der Waals surface area contributed by atoms with Crippen LogP contribution in [0, 0.1) is 6.92 Å². The Morgan fingerprint density at radius 1 is 1.06 bits per heavy atom. The number of rotatable bonds is 7. The molecule has 0 saturated carbocycles. The second-order valence-electron chi connectivity index (χ2n) is 8.25. The van der Waals surface area contributed by atoms with Gasteiger partial charge in [-0.05, 0) is 30.2 Å². The molecule has 0 aliphatic carbocycles. The largest absolute Gasteiger partial charge is 0.507 e. The third-order valence-electron chi connectivity index (χ3n) is 6.17. The molecule has 0 spiro atoms. The van der Waals surface area contributed by atoms with Gasteiger partial charge in [-0.1, -0.05) is 36.4 Å². The Balaban J connectivity index is 1.76. The van der Waals surface area contributed by atoms with Gasteiger partial charge in [-0.3, -0.25) is 19.6 Å². The van der Waals surface area contributed by atoms with Gasteiger partial charge in [0.15, 0.2) is 0 Å². The Morgan fingerprint density at radius 3 is 2.47 bits per heavy atom. The van der Waals surface area contributed by atoms with Crippen LogP contribution in [0.2, 0.25) is 0 Å². The quantitative estimate of drug-likeness (QED) is 0.592. The minimum Gasteiger partial charge on any atom is -0.507 e. The molecule has 0 amide bonds. The van der Waals surface area contributed by atoms with E-state index in [4.69, 9.17) is 0 Å². The Kier molecular flexibility index (Phi) is 6.99. The van der Waals surface area contributed by atoms with Crippen molar-refractivity contribution in [2.24, 2.45) is 0 Å². The summed E-state index contributed by atoms with van der Waals surface area (Å²) in [5, 5.41) is 20.2. The van der Waals surface area contributed by atoms with Crippen molar-refractivity contribution < 1.29 is 10.2 Å². The zero-order valence-corrected chi connectivity index (χ0v) is 18.4. The van der Waals surface area contributed by atoms with Crippen LogP contribution in [-0.4, -0.2) is 68.9 Å². The number of aliphatic hydroxyl groups excluding tert-OH is 1. The summed E-state index contributed by atoms with van der Waals surface area (Å²) in [7, 11) is 0. The van der Waals surface area contributed by atoms with Gasteiger partial charge in [-0.2, -0.15) is 0 Å². The average molecular weight is 435 g/mol. The van der Waals surface area contributed by atoms with E-state index in [1.54, 1.807) is 23.0 Å². The molecule has 7 heteroatoms. The maximum absolute atomic E-state index is 13.8. The lowest BCUT2D eigenvalue weighted by molar-refractivity contribution is 0.0931. The van der Waals surface area contributed by atoms with Crippen LogP contribution < -0.4 is 5.56 Å². The fourth-order valence-electron chi connectivity index (χ4n) is 4.47. The molecule has 7 nitrogen and oxygen atoms in total. The zero-order chi connectivity index (χ0) is 22.5. The molecule has 2 N–H and O–H groups in total. The van der Waals surface area contributed by atoms with Crippen LogP contribution in [0.25, 0.3) is 0 Å². The van der Waals surface area contributed by atoms with E-state index in [9.17, 15) is 15.0 Å². The third kappa shape index (κ3) is 4.75. The number of piperazine rings is 1. The summed E-state index contributed by atoms with van der Waals surface area (Å²) in [4.78, 5) is 22.5. The van der Waals surface area contributed by atoms with Crippen molar-refractivity contribution in [1.29, 1.82) is 0 Å². The summed E-state index contributed by atoms with van der Waals surface area (Å²) in [6.45, 7) is 6.11. The van der Waals surface area contributed by atoms with Crippen LogP contribution in [0.4, 0.5) is 0 Å². The number of nitrogens with zero attached hydrogens (tertiary/aromatic N) is 4. The van der Waals surface area contributed by atoms with Crippen molar-refractivity contribution in [1.82, 2.24) is 19.4 Å². The van der Waals surface area contributed by atoms with Crippen LogP contribution >= 0.6 is 0 Å². The number of hydrogen-bond donors (Lipinski definition) is 2. The summed E-state index contributed by atoms with van der Waals surface area (Å²) < 4.78 is 1.73. The molecule has 3 aromatic rings. The molecule has 0 bridgehead atoms. The van der Waals surface area contributed by atoms with Gasteiger partial charge < -0.3 is 14.8 Å². The van der Waals surface area contributed by atoms with E-state index in [1.807, 2.05) is 49.4 Å². The minimum atomic E-state index is -0.393. The molecule has 4 rings (SSSR count). The monoisotopic (exact) mass is 434 g/mol. The zero-order valence-electron chi connectivity index (χ0n) is 18.4. The fourth-order valence-corrected chi connectivity index (χ4v) is 4.47. The predicted octanol–water partition coefficient (Wildman–Crippen LogP) is 2.00. The van der Waals surface area contributed by atoms with E-state index in [0.717, 1.165) is 43.0 Å². The standard InChI is InChI=1S/C25H30N4O3/c1-19-16-22(31)23(25(32)29(19)18-20-6-3-2-4-7-20)24(21-8-5-9-26-17-21)28-12-10-27(11-13-28)14-15-30/h2-9,16-17,24,30-31H,10-15,18H2,1H3/t24-/m0/s1. The van der Waals surface area contributed by atoms with Crippen molar-refractivity contribution in [2.45, 2.75) is 19.5 Å². The Bertz CT molecular complexity index is 1080. The van der Waals surface area contributed by atoms with Crippen LogP contribution in [0.3, 0.4) is 0 Å². The highest BCUT2D eigenvalue weighted by Crippen LogP contribution is 2.33. The molecule has 1 aromatic carbocycles. The number of pyridine rings is 2. The van der Waals surface area contributed by atoms with Crippen molar-refractivity contribution in [2.75, 3.05) is 39.3 Å². The molecular formula is C25H30N4O3. The molecule has 1 saturated heterocycles. The number of benzene rings is 1. The van der Waals surface area contributed by atoms with Crippen LogP contribution in [0.5, 0.6) is 5.75 Å². The first-order chi connectivity index (χ1) is 15.6. The van der Waals surface area contributed by atoms with Crippen LogP contribution in [0.15, 0.2) is 65.7 Å². The SMILES string of the molecule is Cc1cc(O)c([C@H](c2cccnc2)N2CCN(CCO)CC2)c(=O)n1Cc1ccccc1. The summed E-state index contributed by atoms with van der Waals surface area (Å²) >= 11 is 0. The molecule has 0 unspecified atom stereocenters. The first kappa shape index (κ1) is 22.2. The van der Waals surface area contributed by atoms with Crippen molar-refractivity contribution in [3.8, 4) is 5.75 Å². The highest BCUT2D eigenvalue weighted by molar-refractivity contribution is 5.40. The molecule has 32 heavy (non-hydrogen) atoms. The first-order valence-electron chi connectivity index (χ1n) is 11.0. The van der Waals surface area contributed by atoms with E-state index in [0.29, 0.717) is 18.7 Å². The van der Waals surface area contributed by atoms with Gasteiger partial charge in [-0.25, -0.2) is 0 Å². The topological polar surface area (TPSA) is 81.8 Å². The summed E-state index contributed by atoms with van der Waals surface area (Å²) in [5.74, 6) is 0.0171. The van der Waals surface area contributed by atoms with Gasteiger partial charge in [-0.15, -0.1) is 0 Å². The third-order valence-corrected chi connectivity index (χ3v) is 6.17. The molecule has 2 aromatic heterocycles. The molecule has 3 heterocycles. The molecule has 1 atom stereocenters. The van der Waals surface area contributed by atoms with Crippen LogP contribution in [0.1, 0.15) is 28.4 Å².